The lowest BCUT2D eigenvalue weighted by Gasteiger charge is -2.40. The second-order valence-corrected chi connectivity index (χ2v) is 5.04. The van der Waals surface area contributed by atoms with Crippen molar-refractivity contribution in [2.45, 2.75) is 50.2 Å². The number of hydrogen-bond acceptors (Lipinski definition) is 10. The number of aliphatic hydroxyl groups excluding tert-OH is 4. The summed E-state index contributed by atoms with van der Waals surface area (Å²) in [4.78, 5) is 0. The first-order valence-electron chi connectivity index (χ1n) is 6.10. The SMILES string of the molecule is CCC(O)COC1OC(CSOOO)C(O)C(O)C1O. The van der Waals surface area contributed by atoms with Gasteiger partial charge in [-0.15, -0.1) is 4.33 Å². The van der Waals surface area contributed by atoms with Crippen molar-refractivity contribution in [3.63, 3.8) is 0 Å². The molecule has 1 rings (SSSR count). The molecule has 1 aliphatic rings. The summed E-state index contributed by atoms with van der Waals surface area (Å²) >= 11 is 0.643. The summed E-state index contributed by atoms with van der Waals surface area (Å²) in [6.07, 6.45) is -6.59. The fraction of sp³-hybridized carbons (Fsp3) is 1.00. The highest BCUT2D eigenvalue weighted by Gasteiger charge is 2.44. The van der Waals surface area contributed by atoms with Gasteiger partial charge in [0.2, 0.25) is 0 Å². The molecule has 0 bridgehead atoms. The predicted octanol–water partition coefficient (Wildman–Crippen LogP) is -1.35. The summed E-state index contributed by atoms with van der Waals surface area (Å²) < 4.78 is 14.6. The summed E-state index contributed by atoms with van der Waals surface area (Å²) in [6, 6.07) is 0. The Kier molecular flexibility index (Phi) is 8.21. The van der Waals surface area contributed by atoms with Crippen molar-refractivity contribution in [2.24, 2.45) is 0 Å². The molecule has 6 unspecified atom stereocenters. The van der Waals surface area contributed by atoms with E-state index in [0.717, 1.165) is 0 Å². The molecule has 1 fully saturated rings. The van der Waals surface area contributed by atoms with Crippen LogP contribution in [0.15, 0.2) is 0 Å². The molecule has 1 heterocycles. The second-order valence-electron chi connectivity index (χ2n) is 4.34. The van der Waals surface area contributed by atoms with Crippen LogP contribution in [-0.2, 0) is 18.8 Å². The van der Waals surface area contributed by atoms with Crippen molar-refractivity contribution in [3.8, 4) is 0 Å². The first-order valence-corrected chi connectivity index (χ1v) is 7.01. The van der Waals surface area contributed by atoms with Crippen molar-refractivity contribution in [1.29, 1.82) is 0 Å². The van der Waals surface area contributed by atoms with E-state index >= 15 is 0 Å². The number of ether oxygens (including phenoxy) is 2. The topological polar surface area (TPSA) is 138 Å². The maximum Gasteiger partial charge on any atom is 0.186 e. The van der Waals surface area contributed by atoms with Gasteiger partial charge >= 0.3 is 0 Å². The molecule has 0 aromatic rings. The molecule has 9 nitrogen and oxygen atoms in total. The highest BCUT2D eigenvalue weighted by molar-refractivity contribution is 7.94. The van der Waals surface area contributed by atoms with E-state index in [0.29, 0.717) is 18.5 Å². The zero-order valence-corrected chi connectivity index (χ0v) is 11.7. The van der Waals surface area contributed by atoms with Crippen molar-refractivity contribution < 1.29 is 44.5 Å². The molecule has 120 valence electrons. The van der Waals surface area contributed by atoms with E-state index in [1.165, 1.54) is 0 Å². The van der Waals surface area contributed by atoms with Crippen LogP contribution < -0.4 is 0 Å². The molecule has 0 amide bonds. The highest BCUT2D eigenvalue weighted by Crippen LogP contribution is 2.25. The van der Waals surface area contributed by atoms with Gasteiger partial charge in [-0.25, -0.2) is 5.26 Å². The fourth-order valence-electron chi connectivity index (χ4n) is 1.63. The first kappa shape index (κ1) is 18.0. The van der Waals surface area contributed by atoms with E-state index in [4.69, 9.17) is 14.7 Å². The molecular formula is C10H20O9S. The van der Waals surface area contributed by atoms with Crippen LogP contribution in [0.3, 0.4) is 0 Å². The molecule has 0 radical (unpaired) electrons. The quantitative estimate of drug-likeness (QED) is 0.158. The molecular weight excluding hydrogens is 296 g/mol. The van der Waals surface area contributed by atoms with Gasteiger partial charge in [-0.05, 0) is 6.42 Å². The average Bonchev–Trinajstić information content (AvgIpc) is 2.45. The van der Waals surface area contributed by atoms with Crippen molar-refractivity contribution in [2.75, 3.05) is 12.4 Å². The largest absolute Gasteiger partial charge is 0.391 e. The van der Waals surface area contributed by atoms with Crippen LogP contribution in [0.5, 0.6) is 0 Å². The lowest BCUT2D eigenvalue weighted by atomic mass is 10.00. The van der Waals surface area contributed by atoms with Gasteiger partial charge in [0.25, 0.3) is 0 Å². The molecule has 10 heteroatoms. The Labute approximate surface area is 120 Å². The average molecular weight is 316 g/mol. The Balaban J connectivity index is 2.52. The van der Waals surface area contributed by atoms with Crippen molar-refractivity contribution >= 4 is 12.0 Å². The molecule has 1 saturated heterocycles. The summed E-state index contributed by atoms with van der Waals surface area (Å²) in [7, 11) is 0. The number of aliphatic hydroxyl groups is 4. The maximum atomic E-state index is 9.74. The van der Waals surface area contributed by atoms with Gasteiger partial charge in [0, 0.05) is 12.0 Å². The van der Waals surface area contributed by atoms with E-state index in [1.54, 1.807) is 6.92 Å². The lowest BCUT2D eigenvalue weighted by molar-refractivity contribution is -0.432. The predicted molar refractivity (Wildman–Crippen MR) is 66.2 cm³/mol. The molecule has 6 atom stereocenters. The first-order chi connectivity index (χ1) is 9.51. The second kappa shape index (κ2) is 9.10. The van der Waals surface area contributed by atoms with Crippen LogP contribution in [0.2, 0.25) is 0 Å². The van der Waals surface area contributed by atoms with Crippen LogP contribution in [0, 0.1) is 0 Å². The van der Waals surface area contributed by atoms with Crippen molar-refractivity contribution in [1.82, 2.24) is 0 Å². The number of rotatable bonds is 8. The molecule has 5 N–H and O–H groups in total. The van der Waals surface area contributed by atoms with E-state index in [2.05, 4.69) is 9.37 Å². The third-order valence-corrected chi connectivity index (χ3v) is 3.53. The standard InChI is InChI=1S/C10H20O9S/c1-2-5(11)3-16-10-9(14)8(13)7(12)6(17-10)4-20-19-18-15/h5-15H,2-4H2,1H3. The fourth-order valence-corrected chi connectivity index (χ4v) is 2.14. The Bertz CT molecular complexity index is 269. The smallest absolute Gasteiger partial charge is 0.186 e. The van der Waals surface area contributed by atoms with E-state index < -0.39 is 36.8 Å². The normalized spacial score (nSPS) is 36.0. The zero-order valence-electron chi connectivity index (χ0n) is 10.9. The minimum absolute atomic E-state index is 0.0156. The Morgan fingerprint density at radius 2 is 1.90 bits per heavy atom. The van der Waals surface area contributed by atoms with Crippen LogP contribution in [0.1, 0.15) is 13.3 Å². The molecule has 20 heavy (non-hydrogen) atoms. The van der Waals surface area contributed by atoms with E-state index in [-0.39, 0.29) is 12.4 Å². The van der Waals surface area contributed by atoms with Gasteiger partial charge in [-0.3, -0.25) is 0 Å². The number of hydrogen-bond donors (Lipinski definition) is 5. The van der Waals surface area contributed by atoms with Crippen molar-refractivity contribution in [3.05, 3.63) is 0 Å². The summed E-state index contributed by atoms with van der Waals surface area (Å²) in [5, 5.41) is 50.0. The van der Waals surface area contributed by atoms with Gasteiger partial charge < -0.3 is 29.9 Å². The van der Waals surface area contributed by atoms with Crippen LogP contribution in [-0.4, -0.2) is 74.9 Å². The minimum atomic E-state index is -1.46. The van der Waals surface area contributed by atoms with E-state index in [9.17, 15) is 20.4 Å². The summed E-state index contributed by atoms with van der Waals surface area (Å²) in [5.74, 6) is 0.0156. The molecule has 1 aliphatic heterocycles. The maximum absolute atomic E-state index is 9.74. The summed E-state index contributed by atoms with van der Waals surface area (Å²) in [5.41, 5.74) is 0. The van der Waals surface area contributed by atoms with Gasteiger partial charge in [0.15, 0.2) is 6.29 Å². The van der Waals surface area contributed by atoms with Gasteiger partial charge in [0.05, 0.1) is 18.5 Å². The minimum Gasteiger partial charge on any atom is -0.391 e. The molecule has 0 saturated carbocycles. The molecule has 0 spiro atoms. The Morgan fingerprint density at radius 1 is 1.20 bits per heavy atom. The molecule has 0 aliphatic carbocycles. The molecule has 0 aromatic carbocycles. The van der Waals surface area contributed by atoms with Crippen LogP contribution in [0.4, 0.5) is 0 Å². The Morgan fingerprint density at radius 3 is 2.50 bits per heavy atom. The van der Waals surface area contributed by atoms with Crippen LogP contribution >= 0.6 is 12.0 Å². The third-order valence-electron chi connectivity index (χ3n) is 2.90. The Hall–Kier alpha value is -0.0100. The summed E-state index contributed by atoms with van der Waals surface area (Å²) in [6.45, 7) is 1.69. The van der Waals surface area contributed by atoms with Gasteiger partial charge in [0.1, 0.15) is 24.4 Å². The third kappa shape index (κ3) is 5.07. The molecule has 0 aromatic heterocycles. The van der Waals surface area contributed by atoms with Crippen LogP contribution in [0.25, 0.3) is 0 Å². The van der Waals surface area contributed by atoms with Gasteiger partial charge in [-0.1, -0.05) is 12.0 Å². The van der Waals surface area contributed by atoms with Gasteiger partial charge in [-0.2, -0.15) is 0 Å². The monoisotopic (exact) mass is 316 g/mol. The zero-order chi connectivity index (χ0) is 15.1. The van der Waals surface area contributed by atoms with E-state index in [1.807, 2.05) is 0 Å². The lowest BCUT2D eigenvalue weighted by Crippen LogP contribution is -2.59. The highest BCUT2D eigenvalue weighted by atomic mass is 32.2.